The van der Waals surface area contributed by atoms with Crippen LogP contribution in [0.4, 0.5) is 0 Å². The summed E-state index contributed by atoms with van der Waals surface area (Å²) in [5.41, 5.74) is 7.93. The smallest absolute Gasteiger partial charge is 0.271 e. The fraction of sp³-hybridized carbons (Fsp3) is 0.150. The van der Waals surface area contributed by atoms with Gasteiger partial charge in [0.25, 0.3) is 5.91 Å². The summed E-state index contributed by atoms with van der Waals surface area (Å²) in [6.07, 6.45) is 5.19. The average Bonchev–Trinajstić information content (AvgIpc) is 2.91. The fourth-order valence-corrected chi connectivity index (χ4v) is 2.94. The number of amides is 1. The van der Waals surface area contributed by atoms with Crippen LogP contribution in [0.3, 0.4) is 0 Å². The summed E-state index contributed by atoms with van der Waals surface area (Å²) >= 11 is 6.06. The summed E-state index contributed by atoms with van der Waals surface area (Å²) in [7, 11) is 0. The minimum Gasteiger partial charge on any atom is -0.316 e. The Morgan fingerprint density at radius 1 is 1.23 bits per heavy atom. The molecule has 0 aliphatic carbocycles. The Morgan fingerprint density at radius 2 is 2.04 bits per heavy atom. The topological polar surface area (TPSA) is 59.3 Å². The molecule has 0 fully saturated rings. The second-order valence-electron chi connectivity index (χ2n) is 6.04. The molecular formula is C20H19ClN4O. The maximum Gasteiger partial charge on any atom is 0.271 e. The third kappa shape index (κ3) is 3.68. The number of carbonyl (C=O) groups excluding carboxylic acids is 1. The van der Waals surface area contributed by atoms with E-state index in [1.165, 1.54) is 0 Å². The van der Waals surface area contributed by atoms with Crippen molar-refractivity contribution < 1.29 is 4.79 Å². The molecular weight excluding hydrogens is 348 g/mol. The number of hydrazone groups is 1. The van der Waals surface area contributed by atoms with Crippen LogP contribution in [-0.2, 0) is 0 Å². The molecule has 0 aliphatic heterocycles. The number of halogens is 1. The summed E-state index contributed by atoms with van der Waals surface area (Å²) in [6.45, 7) is 5.91. The van der Waals surface area contributed by atoms with Crippen molar-refractivity contribution in [1.29, 1.82) is 0 Å². The van der Waals surface area contributed by atoms with Gasteiger partial charge in [-0.25, -0.2) is 5.43 Å². The van der Waals surface area contributed by atoms with Gasteiger partial charge in [-0.2, -0.15) is 5.10 Å². The number of hydrogen-bond acceptors (Lipinski definition) is 3. The summed E-state index contributed by atoms with van der Waals surface area (Å²) < 4.78 is 2.09. The second kappa shape index (κ2) is 7.54. The Balaban J connectivity index is 1.77. The quantitative estimate of drug-likeness (QED) is 0.555. The van der Waals surface area contributed by atoms with Gasteiger partial charge in [-0.05, 0) is 56.7 Å². The molecule has 1 N–H and O–H groups in total. The maximum absolute atomic E-state index is 12.2. The maximum atomic E-state index is 12.2. The van der Waals surface area contributed by atoms with E-state index in [-0.39, 0.29) is 5.91 Å². The predicted octanol–water partition coefficient (Wildman–Crippen LogP) is 4.21. The molecule has 0 unspecified atom stereocenters. The summed E-state index contributed by atoms with van der Waals surface area (Å²) in [5, 5.41) is 4.64. The van der Waals surface area contributed by atoms with Crippen LogP contribution in [0.25, 0.3) is 5.69 Å². The van der Waals surface area contributed by atoms with Gasteiger partial charge in [0.05, 0.1) is 18.1 Å². The van der Waals surface area contributed by atoms with Crippen LogP contribution >= 0.6 is 11.6 Å². The number of pyridine rings is 1. The Morgan fingerprint density at radius 3 is 2.73 bits per heavy atom. The standard InChI is InChI=1S/C20H19ClN4O/c1-13-6-7-16(10-19(13)21)20(26)24-23-11-17-9-14(2)25(15(17)3)18-5-4-8-22-12-18/h4-12H,1-3H3,(H,24,26)/b23-11-. The van der Waals surface area contributed by atoms with E-state index >= 15 is 0 Å². The van der Waals surface area contributed by atoms with E-state index in [0.717, 1.165) is 28.2 Å². The third-order valence-electron chi connectivity index (χ3n) is 4.18. The lowest BCUT2D eigenvalue weighted by atomic mass is 10.1. The van der Waals surface area contributed by atoms with Crippen molar-refractivity contribution in [3.8, 4) is 5.69 Å². The van der Waals surface area contributed by atoms with Crippen LogP contribution in [-0.4, -0.2) is 21.7 Å². The zero-order valence-electron chi connectivity index (χ0n) is 14.8. The first-order chi connectivity index (χ1) is 12.5. The molecule has 132 valence electrons. The first-order valence-corrected chi connectivity index (χ1v) is 8.54. The second-order valence-corrected chi connectivity index (χ2v) is 6.44. The Bertz CT molecular complexity index is 977. The third-order valence-corrected chi connectivity index (χ3v) is 4.59. The molecule has 1 aromatic carbocycles. The molecule has 0 saturated carbocycles. The van der Waals surface area contributed by atoms with Crippen molar-refractivity contribution in [2.45, 2.75) is 20.8 Å². The number of nitrogens with zero attached hydrogens (tertiary/aromatic N) is 3. The van der Waals surface area contributed by atoms with Crippen LogP contribution < -0.4 is 5.43 Å². The molecule has 0 atom stereocenters. The number of carbonyl (C=O) groups is 1. The molecule has 26 heavy (non-hydrogen) atoms. The SMILES string of the molecule is Cc1ccc(C(=O)N/N=C\c2cc(C)n(-c3cccnc3)c2C)cc1Cl. The molecule has 0 bridgehead atoms. The molecule has 1 amide bonds. The summed E-state index contributed by atoms with van der Waals surface area (Å²) in [6, 6.07) is 11.1. The molecule has 5 nitrogen and oxygen atoms in total. The van der Waals surface area contributed by atoms with Gasteiger partial charge in [-0.1, -0.05) is 17.7 Å². The Labute approximate surface area is 157 Å². The van der Waals surface area contributed by atoms with E-state index in [1.54, 1.807) is 24.5 Å². The fourth-order valence-electron chi connectivity index (χ4n) is 2.76. The van der Waals surface area contributed by atoms with Crippen molar-refractivity contribution >= 4 is 23.7 Å². The molecule has 6 heteroatoms. The van der Waals surface area contributed by atoms with Crippen LogP contribution in [0.2, 0.25) is 5.02 Å². The van der Waals surface area contributed by atoms with E-state index in [9.17, 15) is 4.79 Å². The minimum absolute atomic E-state index is 0.302. The molecule has 3 aromatic rings. The zero-order valence-corrected chi connectivity index (χ0v) is 15.6. The Kier molecular flexibility index (Phi) is 5.19. The van der Waals surface area contributed by atoms with Gasteiger partial charge in [0.15, 0.2) is 0 Å². The first kappa shape index (κ1) is 17.9. The average molecular weight is 367 g/mol. The van der Waals surface area contributed by atoms with E-state index in [1.807, 2.05) is 51.2 Å². The number of benzene rings is 1. The number of aromatic nitrogens is 2. The van der Waals surface area contributed by atoms with Gasteiger partial charge in [0.2, 0.25) is 0 Å². The molecule has 0 spiro atoms. The van der Waals surface area contributed by atoms with E-state index in [4.69, 9.17) is 11.6 Å². The minimum atomic E-state index is -0.302. The zero-order chi connectivity index (χ0) is 18.7. The van der Waals surface area contributed by atoms with Gasteiger partial charge in [-0.3, -0.25) is 9.78 Å². The number of nitrogens with one attached hydrogen (secondary N) is 1. The molecule has 0 aliphatic rings. The van der Waals surface area contributed by atoms with Gasteiger partial charge in [-0.15, -0.1) is 0 Å². The predicted molar refractivity (Wildman–Crippen MR) is 104 cm³/mol. The van der Waals surface area contributed by atoms with E-state index in [2.05, 4.69) is 20.1 Å². The molecule has 3 rings (SSSR count). The molecule has 2 heterocycles. The number of hydrogen-bond donors (Lipinski definition) is 1. The van der Waals surface area contributed by atoms with E-state index in [0.29, 0.717) is 10.6 Å². The highest BCUT2D eigenvalue weighted by Crippen LogP contribution is 2.19. The molecule has 0 saturated heterocycles. The first-order valence-electron chi connectivity index (χ1n) is 8.16. The van der Waals surface area contributed by atoms with Crippen molar-refractivity contribution in [3.05, 3.63) is 81.9 Å². The van der Waals surface area contributed by atoms with Crippen LogP contribution in [0.1, 0.15) is 32.9 Å². The van der Waals surface area contributed by atoms with Crippen LogP contribution in [0, 0.1) is 20.8 Å². The van der Waals surface area contributed by atoms with Crippen molar-refractivity contribution in [2.24, 2.45) is 5.10 Å². The highest BCUT2D eigenvalue weighted by Gasteiger charge is 2.10. The van der Waals surface area contributed by atoms with Crippen molar-refractivity contribution in [1.82, 2.24) is 15.0 Å². The van der Waals surface area contributed by atoms with Gasteiger partial charge >= 0.3 is 0 Å². The highest BCUT2D eigenvalue weighted by atomic mass is 35.5. The lowest BCUT2D eigenvalue weighted by Crippen LogP contribution is -2.17. The van der Waals surface area contributed by atoms with E-state index < -0.39 is 0 Å². The van der Waals surface area contributed by atoms with Gasteiger partial charge in [0.1, 0.15) is 0 Å². The van der Waals surface area contributed by atoms with Crippen LogP contribution in [0.5, 0.6) is 0 Å². The number of rotatable bonds is 4. The van der Waals surface area contributed by atoms with Gasteiger partial charge in [0, 0.05) is 33.7 Å². The van der Waals surface area contributed by atoms with Gasteiger partial charge < -0.3 is 4.57 Å². The lowest BCUT2D eigenvalue weighted by Gasteiger charge is -2.08. The number of aryl methyl sites for hydroxylation is 2. The molecule has 0 radical (unpaired) electrons. The van der Waals surface area contributed by atoms with Crippen molar-refractivity contribution in [2.75, 3.05) is 0 Å². The lowest BCUT2D eigenvalue weighted by molar-refractivity contribution is 0.0955. The largest absolute Gasteiger partial charge is 0.316 e. The summed E-state index contributed by atoms with van der Waals surface area (Å²) in [5.74, 6) is -0.302. The highest BCUT2D eigenvalue weighted by molar-refractivity contribution is 6.31. The monoisotopic (exact) mass is 366 g/mol. The van der Waals surface area contributed by atoms with Crippen molar-refractivity contribution in [3.63, 3.8) is 0 Å². The summed E-state index contributed by atoms with van der Waals surface area (Å²) in [4.78, 5) is 16.3. The van der Waals surface area contributed by atoms with Crippen LogP contribution in [0.15, 0.2) is 53.9 Å². The molecule has 2 aromatic heterocycles. The Hall–Kier alpha value is -2.92. The normalized spacial score (nSPS) is 11.1.